The Kier molecular flexibility index (Phi) is 5.20. The van der Waals surface area contributed by atoms with E-state index in [1.807, 2.05) is 13.8 Å². The maximum atomic E-state index is 12.4. The zero-order chi connectivity index (χ0) is 14.8. The number of halogens is 3. The Morgan fingerprint density at radius 3 is 2.37 bits per heavy atom. The van der Waals surface area contributed by atoms with Gasteiger partial charge in [0.25, 0.3) is 0 Å². The summed E-state index contributed by atoms with van der Waals surface area (Å²) in [4.78, 5) is 15.0. The van der Waals surface area contributed by atoms with E-state index in [9.17, 15) is 18.0 Å². The van der Waals surface area contributed by atoms with Crippen molar-refractivity contribution in [1.29, 1.82) is 0 Å². The minimum atomic E-state index is -4.20. The van der Waals surface area contributed by atoms with Crippen LogP contribution in [0.4, 0.5) is 13.2 Å². The van der Waals surface area contributed by atoms with Crippen LogP contribution < -0.4 is 5.73 Å². The first-order chi connectivity index (χ1) is 8.61. The number of rotatable bonds is 3. The van der Waals surface area contributed by atoms with E-state index in [1.165, 1.54) is 4.90 Å². The fourth-order valence-corrected chi connectivity index (χ4v) is 2.16. The molecule has 0 unspecified atom stereocenters. The number of carbonyl (C=O) groups excluding carboxylic acids is 1. The number of hydrogen-bond donors (Lipinski definition) is 1. The van der Waals surface area contributed by atoms with Gasteiger partial charge in [0.05, 0.1) is 12.6 Å². The summed E-state index contributed by atoms with van der Waals surface area (Å²) in [6, 6.07) is -0.889. The van der Waals surface area contributed by atoms with E-state index in [2.05, 4.69) is 0 Å². The van der Waals surface area contributed by atoms with Crippen LogP contribution in [0.1, 0.15) is 20.8 Å². The Morgan fingerprint density at radius 2 is 1.95 bits per heavy atom. The average Bonchev–Trinajstić information content (AvgIpc) is 2.28. The van der Waals surface area contributed by atoms with Gasteiger partial charge in [0.2, 0.25) is 5.91 Å². The van der Waals surface area contributed by atoms with Crippen LogP contribution in [0.5, 0.6) is 0 Å². The quantitative estimate of drug-likeness (QED) is 0.841. The van der Waals surface area contributed by atoms with Gasteiger partial charge in [-0.2, -0.15) is 13.2 Å². The Hall–Kier alpha value is -0.820. The van der Waals surface area contributed by atoms with Gasteiger partial charge in [-0.15, -0.1) is 0 Å². The predicted octanol–water partition coefficient (Wildman–Crippen LogP) is 1.06. The normalized spacial score (nSPS) is 23.8. The molecule has 0 aromatic carbocycles. The van der Waals surface area contributed by atoms with Gasteiger partial charge in [0.15, 0.2) is 0 Å². The van der Waals surface area contributed by atoms with Gasteiger partial charge in [0, 0.05) is 25.7 Å². The lowest BCUT2D eigenvalue weighted by atomic mass is 10.0. The fraction of sp³-hybridized carbons (Fsp3) is 0.917. The maximum Gasteiger partial charge on any atom is 0.401 e. The first-order valence-corrected chi connectivity index (χ1v) is 6.47. The van der Waals surface area contributed by atoms with Crippen molar-refractivity contribution in [3.63, 3.8) is 0 Å². The summed E-state index contributed by atoms with van der Waals surface area (Å²) < 4.78 is 37.1. The largest absolute Gasteiger partial charge is 0.401 e. The lowest BCUT2D eigenvalue weighted by molar-refractivity contribution is -0.158. The molecule has 0 bridgehead atoms. The minimum Gasteiger partial charge on any atom is -0.338 e. The summed E-state index contributed by atoms with van der Waals surface area (Å²) in [5.41, 5.74) is 5.79. The van der Waals surface area contributed by atoms with Crippen LogP contribution in [0.2, 0.25) is 0 Å². The molecule has 7 heteroatoms. The first-order valence-electron chi connectivity index (χ1n) is 6.47. The smallest absolute Gasteiger partial charge is 0.338 e. The van der Waals surface area contributed by atoms with E-state index in [0.29, 0.717) is 13.1 Å². The van der Waals surface area contributed by atoms with Gasteiger partial charge < -0.3 is 10.6 Å². The number of hydrogen-bond acceptors (Lipinski definition) is 3. The van der Waals surface area contributed by atoms with E-state index in [4.69, 9.17) is 5.73 Å². The lowest BCUT2D eigenvalue weighted by Gasteiger charge is -2.41. The van der Waals surface area contributed by atoms with Crippen LogP contribution >= 0.6 is 0 Å². The summed E-state index contributed by atoms with van der Waals surface area (Å²) in [5, 5.41) is 0. The number of piperazine rings is 1. The average molecular weight is 281 g/mol. The fourth-order valence-electron chi connectivity index (χ4n) is 2.16. The highest BCUT2D eigenvalue weighted by molar-refractivity contribution is 5.82. The van der Waals surface area contributed by atoms with Crippen molar-refractivity contribution < 1.29 is 18.0 Å². The molecular weight excluding hydrogens is 259 g/mol. The zero-order valence-electron chi connectivity index (χ0n) is 11.6. The second-order valence-electron chi connectivity index (χ2n) is 5.49. The van der Waals surface area contributed by atoms with Gasteiger partial charge in [-0.1, -0.05) is 13.8 Å². The molecule has 0 aromatic heterocycles. The highest BCUT2D eigenvalue weighted by Crippen LogP contribution is 2.20. The predicted molar refractivity (Wildman–Crippen MR) is 66.5 cm³/mol. The highest BCUT2D eigenvalue weighted by Gasteiger charge is 2.36. The number of alkyl halides is 3. The van der Waals surface area contributed by atoms with Crippen LogP contribution in [0.15, 0.2) is 0 Å². The summed E-state index contributed by atoms with van der Waals surface area (Å²) in [5.74, 6) is -0.149. The van der Waals surface area contributed by atoms with Gasteiger partial charge in [-0.25, -0.2) is 0 Å². The Morgan fingerprint density at radius 1 is 1.37 bits per heavy atom. The molecule has 2 N–H and O–H groups in total. The first kappa shape index (κ1) is 16.2. The molecule has 0 aliphatic carbocycles. The third kappa shape index (κ3) is 4.65. The van der Waals surface area contributed by atoms with Crippen LogP contribution in [-0.4, -0.2) is 60.1 Å². The van der Waals surface area contributed by atoms with Crippen LogP contribution in [0.25, 0.3) is 0 Å². The molecule has 1 rings (SSSR count). The zero-order valence-corrected chi connectivity index (χ0v) is 11.6. The molecule has 112 valence electrons. The summed E-state index contributed by atoms with van der Waals surface area (Å²) >= 11 is 0. The molecule has 1 amide bonds. The van der Waals surface area contributed by atoms with Gasteiger partial charge in [-0.3, -0.25) is 9.69 Å². The van der Waals surface area contributed by atoms with Crippen molar-refractivity contribution in [2.45, 2.75) is 39.0 Å². The Bertz CT molecular complexity index is 320. The van der Waals surface area contributed by atoms with E-state index < -0.39 is 18.8 Å². The van der Waals surface area contributed by atoms with Crippen molar-refractivity contribution >= 4 is 5.91 Å². The molecule has 4 nitrogen and oxygen atoms in total. The standard InChI is InChI=1S/C12H22F3N3O/c1-8(2)10(16)11(19)17-4-5-18(9(3)6-17)7-12(13,14)15/h8-10H,4-7,16H2,1-3H3/t9-,10-/m0/s1. The number of nitrogens with two attached hydrogens (primary N) is 1. The SMILES string of the molecule is CC(C)[C@H](N)C(=O)N1CCN(CC(F)(F)F)[C@@H](C)C1. The molecule has 0 spiro atoms. The summed E-state index contributed by atoms with van der Waals surface area (Å²) in [6.45, 7) is 5.32. The summed E-state index contributed by atoms with van der Waals surface area (Å²) in [6.07, 6.45) is -4.20. The maximum absolute atomic E-state index is 12.4. The molecule has 0 aromatic rings. The second-order valence-corrected chi connectivity index (χ2v) is 5.49. The number of amides is 1. The molecule has 1 aliphatic rings. The number of nitrogens with zero attached hydrogens (tertiary/aromatic N) is 2. The highest BCUT2D eigenvalue weighted by atomic mass is 19.4. The van der Waals surface area contributed by atoms with E-state index in [-0.39, 0.29) is 24.4 Å². The van der Waals surface area contributed by atoms with Crippen molar-refractivity contribution in [3.05, 3.63) is 0 Å². The summed E-state index contributed by atoms with van der Waals surface area (Å²) in [7, 11) is 0. The molecule has 1 fully saturated rings. The van der Waals surface area contributed by atoms with E-state index >= 15 is 0 Å². The monoisotopic (exact) mass is 281 g/mol. The third-order valence-electron chi connectivity index (χ3n) is 3.46. The van der Waals surface area contributed by atoms with Crippen molar-refractivity contribution in [3.8, 4) is 0 Å². The molecule has 19 heavy (non-hydrogen) atoms. The second kappa shape index (κ2) is 6.09. The van der Waals surface area contributed by atoms with Crippen LogP contribution in [0.3, 0.4) is 0 Å². The van der Waals surface area contributed by atoms with Crippen molar-refractivity contribution in [2.24, 2.45) is 11.7 Å². The molecule has 1 saturated heterocycles. The van der Waals surface area contributed by atoms with Gasteiger partial charge >= 0.3 is 6.18 Å². The third-order valence-corrected chi connectivity index (χ3v) is 3.46. The topological polar surface area (TPSA) is 49.6 Å². The van der Waals surface area contributed by atoms with Crippen molar-refractivity contribution in [1.82, 2.24) is 9.80 Å². The molecule has 0 radical (unpaired) electrons. The van der Waals surface area contributed by atoms with E-state index in [0.717, 1.165) is 0 Å². The molecule has 2 atom stereocenters. The van der Waals surface area contributed by atoms with Crippen LogP contribution in [-0.2, 0) is 4.79 Å². The molecular formula is C12H22F3N3O. The molecule has 1 heterocycles. The Balaban J connectivity index is 2.56. The lowest BCUT2D eigenvalue weighted by Crippen LogP contribution is -2.58. The van der Waals surface area contributed by atoms with Gasteiger partial charge in [0.1, 0.15) is 0 Å². The minimum absolute atomic E-state index is 0.0241. The molecule has 0 saturated carbocycles. The number of carbonyl (C=O) groups is 1. The van der Waals surface area contributed by atoms with Gasteiger partial charge in [-0.05, 0) is 12.8 Å². The van der Waals surface area contributed by atoms with E-state index in [1.54, 1.807) is 11.8 Å². The molecule has 1 aliphatic heterocycles. The van der Waals surface area contributed by atoms with Crippen LogP contribution in [0, 0.1) is 5.92 Å². The van der Waals surface area contributed by atoms with Crippen molar-refractivity contribution in [2.75, 3.05) is 26.2 Å². The Labute approximate surface area is 111 Å².